The fraction of sp³-hybridized carbons (Fsp3) is 0.184. The highest BCUT2D eigenvalue weighted by Gasteiger charge is 2.48. The van der Waals surface area contributed by atoms with Crippen molar-refractivity contribution in [1.29, 1.82) is 0 Å². The molecule has 0 heterocycles. The van der Waals surface area contributed by atoms with E-state index in [1.54, 1.807) is 12.1 Å². The van der Waals surface area contributed by atoms with Crippen molar-refractivity contribution in [2.45, 2.75) is 37.3 Å². The van der Waals surface area contributed by atoms with E-state index in [0.717, 1.165) is 27.8 Å². The van der Waals surface area contributed by atoms with Crippen molar-refractivity contribution >= 4 is 5.97 Å². The van der Waals surface area contributed by atoms with Gasteiger partial charge in [0.25, 0.3) is 0 Å². The minimum absolute atomic E-state index is 0.229. The van der Waals surface area contributed by atoms with Gasteiger partial charge in [-0.3, -0.25) is 9.69 Å². The van der Waals surface area contributed by atoms with Crippen LogP contribution in [0.2, 0.25) is 0 Å². The maximum absolute atomic E-state index is 13.6. The third-order valence-corrected chi connectivity index (χ3v) is 8.17. The number of rotatable bonds is 12. The Labute approximate surface area is 253 Å². The fourth-order valence-electron chi connectivity index (χ4n) is 6.37. The van der Waals surface area contributed by atoms with Gasteiger partial charge < -0.3 is 15.3 Å². The molecule has 0 amide bonds. The molecule has 43 heavy (non-hydrogen) atoms. The average Bonchev–Trinajstić information content (AvgIpc) is 3.00. The van der Waals surface area contributed by atoms with E-state index < -0.39 is 17.4 Å². The normalized spacial score (nSPS) is 12.2. The van der Waals surface area contributed by atoms with E-state index in [4.69, 9.17) is 0 Å². The van der Waals surface area contributed by atoms with Crippen LogP contribution in [0.4, 0.5) is 0 Å². The Morgan fingerprint density at radius 2 is 1.07 bits per heavy atom. The summed E-state index contributed by atoms with van der Waals surface area (Å²) in [6, 6.07) is 41.8. The van der Waals surface area contributed by atoms with E-state index in [9.17, 15) is 20.1 Å². The lowest BCUT2D eigenvalue weighted by Gasteiger charge is -2.45. The minimum Gasteiger partial charge on any atom is -0.504 e. The van der Waals surface area contributed by atoms with Gasteiger partial charge in [-0.05, 0) is 71.8 Å². The molecule has 0 spiro atoms. The molecule has 0 unspecified atom stereocenters. The first kappa shape index (κ1) is 29.6. The molecule has 5 aromatic rings. The number of likely N-dealkylation sites (N-methyl/N-ethyl adjacent to an activating group) is 1. The average molecular weight is 572 g/mol. The van der Waals surface area contributed by atoms with Gasteiger partial charge in [0.15, 0.2) is 11.5 Å². The van der Waals surface area contributed by atoms with Crippen LogP contribution in [0.5, 0.6) is 11.5 Å². The van der Waals surface area contributed by atoms with Gasteiger partial charge in [0, 0.05) is 12.0 Å². The molecular formula is C38H37NO4. The molecule has 5 rings (SSSR count). The number of carboxylic acids is 1. The third kappa shape index (κ3) is 6.96. The second-order valence-electron chi connectivity index (χ2n) is 11.3. The highest BCUT2D eigenvalue weighted by atomic mass is 16.4. The predicted octanol–water partition coefficient (Wildman–Crippen LogP) is 7.00. The topological polar surface area (TPSA) is 81.0 Å². The molecule has 0 bridgehead atoms. The Balaban J connectivity index is 1.78. The molecule has 5 aromatic carbocycles. The van der Waals surface area contributed by atoms with Gasteiger partial charge in [-0.25, -0.2) is 0 Å². The summed E-state index contributed by atoms with van der Waals surface area (Å²) in [5, 5.41) is 32.8. The van der Waals surface area contributed by atoms with Gasteiger partial charge in [-0.2, -0.15) is 0 Å². The zero-order valence-corrected chi connectivity index (χ0v) is 24.3. The first-order valence-corrected chi connectivity index (χ1v) is 14.5. The van der Waals surface area contributed by atoms with Crippen molar-refractivity contribution in [3.63, 3.8) is 0 Å². The lowest BCUT2D eigenvalue weighted by Crippen LogP contribution is -2.56. The van der Waals surface area contributed by atoms with Gasteiger partial charge in [-0.15, -0.1) is 0 Å². The minimum atomic E-state index is -1.05. The number of carbonyl (C=O) groups is 1. The first-order valence-electron chi connectivity index (χ1n) is 14.5. The number of hydrogen-bond donors (Lipinski definition) is 3. The lowest BCUT2D eigenvalue weighted by molar-refractivity contribution is -0.146. The van der Waals surface area contributed by atoms with Crippen LogP contribution in [0.3, 0.4) is 0 Å². The SMILES string of the molecule is CN(Cc1ccccc1)[C@H](C(=O)O)C(Cc1ccccc1)(Cc1ccccc1)c1cc(O)c(O)cc1Cc1ccccc1. The summed E-state index contributed by atoms with van der Waals surface area (Å²) in [6.07, 6.45) is 1.25. The molecule has 0 radical (unpaired) electrons. The fourth-order valence-corrected chi connectivity index (χ4v) is 6.37. The van der Waals surface area contributed by atoms with Gasteiger partial charge in [0.2, 0.25) is 0 Å². The summed E-state index contributed by atoms with van der Waals surface area (Å²) in [7, 11) is 1.85. The number of hydrogen-bond acceptors (Lipinski definition) is 4. The molecule has 0 aromatic heterocycles. The van der Waals surface area contributed by atoms with Crippen LogP contribution < -0.4 is 0 Å². The number of phenols is 2. The molecule has 0 aliphatic rings. The Bertz CT molecular complexity index is 1580. The van der Waals surface area contributed by atoms with Gasteiger partial charge in [0.05, 0.1) is 0 Å². The Morgan fingerprint density at radius 1 is 0.651 bits per heavy atom. The summed E-state index contributed by atoms with van der Waals surface area (Å²) in [6.45, 7) is 0.418. The van der Waals surface area contributed by atoms with Crippen molar-refractivity contribution in [3.8, 4) is 11.5 Å². The van der Waals surface area contributed by atoms with Crippen LogP contribution in [0, 0.1) is 0 Å². The number of phenolic OH excluding ortho intramolecular Hbond substituents is 2. The van der Waals surface area contributed by atoms with Crippen molar-refractivity contribution in [2.24, 2.45) is 0 Å². The summed E-state index contributed by atoms with van der Waals surface area (Å²) in [5.41, 5.74) is 4.41. The number of carboxylic acid groups (broad SMARTS) is 1. The zero-order valence-electron chi connectivity index (χ0n) is 24.3. The highest BCUT2D eigenvalue weighted by Crippen LogP contribution is 2.44. The van der Waals surface area contributed by atoms with Crippen LogP contribution in [-0.4, -0.2) is 39.3 Å². The summed E-state index contributed by atoms with van der Waals surface area (Å²) < 4.78 is 0. The third-order valence-electron chi connectivity index (χ3n) is 8.17. The molecule has 0 saturated carbocycles. The molecular weight excluding hydrogens is 534 g/mol. The van der Waals surface area contributed by atoms with Crippen LogP contribution in [0.25, 0.3) is 0 Å². The molecule has 3 N–H and O–H groups in total. The standard InChI is InChI=1S/C38H37NO4/c1-39(27-31-20-12-5-13-21-31)36(37(42)43)38(25-29-16-8-3-9-17-29,26-30-18-10-4-11-19-30)33-24-35(41)34(40)23-32(33)22-28-14-6-2-7-15-28/h2-21,23-24,36,40-41H,22,25-27H2,1H3,(H,42,43)/t36-/m1/s1. The monoisotopic (exact) mass is 571 g/mol. The maximum atomic E-state index is 13.6. The molecule has 0 aliphatic carbocycles. The molecule has 0 aliphatic heterocycles. The van der Waals surface area contributed by atoms with Crippen LogP contribution in [0.1, 0.15) is 33.4 Å². The van der Waals surface area contributed by atoms with Crippen LogP contribution >= 0.6 is 0 Å². The summed E-state index contributed by atoms with van der Waals surface area (Å²) >= 11 is 0. The van der Waals surface area contributed by atoms with Gasteiger partial charge in [0.1, 0.15) is 6.04 Å². The van der Waals surface area contributed by atoms with E-state index in [-0.39, 0.29) is 11.5 Å². The van der Waals surface area contributed by atoms with E-state index in [2.05, 4.69) is 0 Å². The van der Waals surface area contributed by atoms with E-state index in [1.165, 1.54) is 0 Å². The van der Waals surface area contributed by atoms with Crippen LogP contribution in [0.15, 0.2) is 133 Å². The molecule has 1 atom stereocenters. The summed E-state index contributed by atoms with van der Waals surface area (Å²) in [5.74, 6) is -1.46. The van der Waals surface area contributed by atoms with E-state index >= 15 is 0 Å². The summed E-state index contributed by atoms with van der Waals surface area (Å²) in [4.78, 5) is 15.5. The largest absolute Gasteiger partial charge is 0.504 e. The number of benzene rings is 5. The van der Waals surface area contributed by atoms with Crippen molar-refractivity contribution in [2.75, 3.05) is 7.05 Å². The van der Waals surface area contributed by atoms with E-state index in [0.29, 0.717) is 31.4 Å². The second-order valence-corrected chi connectivity index (χ2v) is 11.3. The predicted molar refractivity (Wildman–Crippen MR) is 170 cm³/mol. The quantitative estimate of drug-likeness (QED) is 0.141. The van der Waals surface area contributed by atoms with Gasteiger partial charge >= 0.3 is 5.97 Å². The van der Waals surface area contributed by atoms with Gasteiger partial charge in [-0.1, -0.05) is 121 Å². The lowest BCUT2D eigenvalue weighted by atomic mass is 9.64. The highest BCUT2D eigenvalue weighted by molar-refractivity contribution is 5.77. The maximum Gasteiger partial charge on any atom is 0.321 e. The zero-order chi connectivity index (χ0) is 30.2. The van der Waals surface area contributed by atoms with Crippen LogP contribution in [-0.2, 0) is 36.0 Å². The number of aliphatic carboxylic acids is 1. The first-order chi connectivity index (χ1) is 20.9. The second kappa shape index (κ2) is 13.4. The van der Waals surface area contributed by atoms with Crippen molar-refractivity contribution < 1.29 is 20.1 Å². The number of aromatic hydroxyl groups is 2. The molecule has 0 fully saturated rings. The van der Waals surface area contributed by atoms with E-state index in [1.807, 2.05) is 133 Å². The molecule has 0 saturated heterocycles. The Morgan fingerprint density at radius 3 is 1.53 bits per heavy atom. The number of nitrogens with zero attached hydrogens (tertiary/aromatic N) is 1. The molecule has 5 nitrogen and oxygen atoms in total. The Kier molecular flexibility index (Phi) is 9.23. The van der Waals surface area contributed by atoms with Crippen molar-refractivity contribution in [1.82, 2.24) is 4.90 Å². The molecule has 5 heteroatoms. The van der Waals surface area contributed by atoms with Crippen molar-refractivity contribution in [3.05, 3.63) is 167 Å². The Hall–Kier alpha value is -4.87. The smallest absolute Gasteiger partial charge is 0.321 e. The molecule has 218 valence electrons.